The second-order valence-electron chi connectivity index (χ2n) is 9.36. The van der Waals surface area contributed by atoms with Crippen molar-refractivity contribution in [2.75, 3.05) is 6.54 Å². The number of aliphatic hydroxyl groups excluding tert-OH is 1. The summed E-state index contributed by atoms with van der Waals surface area (Å²) in [5.41, 5.74) is 2.62. The molecular formula is C27H28N4O5. The lowest BCUT2D eigenvalue weighted by atomic mass is 9.81. The van der Waals surface area contributed by atoms with E-state index < -0.39 is 17.8 Å². The molecule has 1 fully saturated rings. The molecule has 36 heavy (non-hydrogen) atoms. The summed E-state index contributed by atoms with van der Waals surface area (Å²) in [7, 11) is 0. The van der Waals surface area contributed by atoms with Crippen LogP contribution in [0, 0.1) is 6.92 Å². The molecule has 9 nitrogen and oxygen atoms in total. The maximum Gasteiger partial charge on any atom is 0.330 e. The van der Waals surface area contributed by atoms with Gasteiger partial charge < -0.3 is 19.8 Å². The van der Waals surface area contributed by atoms with Gasteiger partial charge in [-0.3, -0.25) is 19.3 Å². The van der Waals surface area contributed by atoms with Gasteiger partial charge >= 0.3 is 5.69 Å². The van der Waals surface area contributed by atoms with Gasteiger partial charge in [-0.1, -0.05) is 30.3 Å². The number of likely N-dealkylation sites (tertiary alicyclic amines) is 1. The Morgan fingerprint density at radius 2 is 1.89 bits per heavy atom. The molecule has 2 aromatic carbocycles. The smallest absolute Gasteiger partial charge is 0.330 e. The Morgan fingerprint density at radius 1 is 1.14 bits per heavy atom. The topological polar surface area (TPSA) is 121 Å². The number of aromatic amines is 1. The van der Waals surface area contributed by atoms with E-state index in [2.05, 4.69) is 9.97 Å². The maximum absolute atomic E-state index is 13.3. The number of aromatic nitrogens is 3. The normalized spacial score (nSPS) is 17.8. The second kappa shape index (κ2) is 9.16. The van der Waals surface area contributed by atoms with Crippen LogP contribution in [0.2, 0.25) is 0 Å². The maximum atomic E-state index is 13.3. The van der Waals surface area contributed by atoms with E-state index >= 15 is 0 Å². The molecule has 0 bridgehead atoms. The van der Waals surface area contributed by atoms with E-state index in [1.54, 1.807) is 4.90 Å². The Bertz CT molecular complexity index is 1490. The van der Waals surface area contributed by atoms with Crippen molar-refractivity contribution in [3.8, 4) is 11.6 Å². The lowest BCUT2D eigenvalue weighted by Crippen LogP contribution is -2.36. The van der Waals surface area contributed by atoms with Crippen LogP contribution in [-0.4, -0.2) is 42.1 Å². The predicted octanol–water partition coefficient (Wildman–Crippen LogP) is 2.96. The molecule has 0 aliphatic carbocycles. The van der Waals surface area contributed by atoms with Crippen molar-refractivity contribution in [3.63, 3.8) is 0 Å². The number of hydrogen-bond acceptors (Lipinski definition) is 6. The van der Waals surface area contributed by atoms with Gasteiger partial charge in [0, 0.05) is 23.2 Å². The van der Waals surface area contributed by atoms with Gasteiger partial charge in [0.15, 0.2) is 0 Å². The fourth-order valence-corrected chi connectivity index (χ4v) is 4.91. The molecule has 1 saturated heterocycles. The minimum atomic E-state index is -0.743. The molecule has 5 rings (SSSR count). The summed E-state index contributed by atoms with van der Waals surface area (Å²) in [5, 5.41) is 20.5. The summed E-state index contributed by atoms with van der Waals surface area (Å²) in [6.07, 6.45) is 0.586. The van der Waals surface area contributed by atoms with Crippen LogP contribution in [0.1, 0.15) is 35.9 Å². The van der Waals surface area contributed by atoms with Crippen LogP contribution in [0.3, 0.4) is 0 Å². The number of ether oxygens (including phenoxy) is 1. The molecule has 2 aromatic heterocycles. The number of carbonyl (C=O) groups excluding carboxylic acids is 1. The third-order valence-corrected chi connectivity index (χ3v) is 7.01. The highest BCUT2D eigenvalue weighted by Crippen LogP contribution is 2.37. The standard InChI is InChI=1S/C27H28N4O5/c1-17-13-18(21-5-3-4-6-22(21)28-17)15-36-20-9-7-19(8-10-20)27(2)11-12-30(25(27)34)14-23-24(33)29-26(35)31(23)16-32/h3-10,13,32-33H,11-12,14-16H2,1-2H3,(H,29,35). The van der Waals surface area contributed by atoms with E-state index in [4.69, 9.17) is 4.74 Å². The SMILES string of the molecule is Cc1cc(COc2ccc(C3(C)CCN(Cc4c(O)[nH]c(=O)n4CO)C3=O)cc2)c2ccccc2n1. The highest BCUT2D eigenvalue weighted by atomic mass is 16.5. The van der Waals surface area contributed by atoms with Gasteiger partial charge in [0.2, 0.25) is 11.8 Å². The monoisotopic (exact) mass is 488 g/mol. The fourth-order valence-electron chi connectivity index (χ4n) is 4.91. The summed E-state index contributed by atoms with van der Waals surface area (Å²) in [5.74, 6) is 0.258. The van der Waals surface area contributed by atoms with Crippen LogP contribution >= 0.6 is 0 Å². The molecule has 4 aromatic rings. The largest absolute Gasteiger partial charge is 0.493 e. The van der Waals surface area contributed by atoms with Crippen LogP contribution in [0.15, 0.2) is 59.4 Å². The number of H-pyrrole nitrogens is 1. The first kappa shape index (κ1) is 23.6. The van der Waals surface area contributed by atoms with Crippen molar-refractivity contribution >= 4 is 16.8 Å². The average Bonchev–Trinajstić information content (AvgIpc) is 3.32. The Hall–Kier alpha value is -4.11. The lowest BCUT2D eigenvalue weighted by Gasteiger charge is -2.24. The van der Waals surface area contributed by atoms with E-state index in [1.165, 1.54) is 0 Å². The first-order valence-electron chi connectivity index (χ1n) is 11.8. The van der Waals surface area contributed by atoms with E-state index in [-0.39, 0.29) is 24.0 Å². The summed E-state index contributed by atoms with van der Waals surface area (Å²) in [6, 6.07) is 17.6. The molecule has 1 amide bonds. The van der Waals surface area contributed by atoms with Crippen molar-refractivity contribution in [3.05, 3.63) is 87.6 Å². The van der Waals surface area contributed by atoms with Gasteiger partial charge in [-0.25, -0.2) is 4.79 Å². The molecule has 1 unspecified atom stereocenters. The number of nitrogens with zero attached hydrogens (tertiary/aromatic N) is 3. The van der Waals surface area contributed by atoms with Gasteiger partial charge in [0.05, 0.1) is 17.5 Å². The number of aromatic hydroxyl groups is 1. The summed E-state index contributed by atoms with van der Waals surface area (Å²) < 4.78 is 7.08. The highest BCUT2D eigenvalue weighted by Gasteiger charge is 2.44. The number of pyridine rings is 1. The van der Waals surface area contributed by atoms with Gasteiger partial charge in [0.25, 0.3) is 0 Å². The third kappa shape index (κ3) is 4.11. The van der Waals surface area contributed by atoms with E-state index in [9.17, 15) is 19.8 Å². The van der Waals surface area contributed by atoms with Gasteiger partial charge in [0.1, 0.15) is 24.8 Å². The third-order valence-electron chi connectivity index (χ3n) is 7.01. The van der Waals surface area contributed by atoms with Gasteiger partial charge in [-0.15, -0.1) is 0 Å². The molecule has 3 N–H and O–H groups in total. The molecule has 0 radical (unpaired) electrons. The van der Waals surface area contributed by atoms with E-state index in [0.29, 0.717) is 25.3 Å². The molecule has 3 heterocycles. The Kier molecular flexibility index (Phi) is 6.01. The number of fused-ring (bicyclic) bond motifs is 1. The minimum Gasteiger partial charge on any atom is -0.493 e. The number of amides is 1. The number of nitrogens with one attached hydrogen (secondary N) is 1. The zero-order chi connectivity index (χ0) is 25.4. The number of imidazole rings is 1. The molecule has 1 atom stereocenters. The van der Waals surface area contributed by atoms with E-state index in [0.717, 1.165) is 32.3 Å². The first-order valence-corrected chi connectivity index (χ1v) is 11.8. The number of hydrogen-bond donors (Lipinski definition) is 3. The molecule has 1 aliphatic rings. The van der Waals surface area contributed by atoms with Crippen molar-refractivity contribution in [1.29, 1.82) is 0 Å². The van der Waals surface area contributed by atoms with E-state index in [1.807, 2.05) is 68.4 Å². The minimum absolute atomic E-state index is 0.0278. The lowest BCUT2D eigenvalue weighted by molar-refractivity contribution is -0.132. The second-order valence-corrected chi connectivity index (χ2v) is 9.36. The molecular weight excluding hydrogens is 460 g/mol. The quantitative estimate of drug-likeness (QED) is 0.368. The molecule has 0 spiro atoms. The van der Waals surface area contributed by atoms with Crippen LogP contribution in [0.4, 0.5) is 0 Å². The van der Waals surface area contributed by atoms with Gasteiger partial charge in [-0.2, -0.15) is 0 Å². The zero-order valence-corrected chi connectivity index (χ0v) is 20.2. The van der Waals surface area contributed by atoms with Crippen LogP contribution < -0.4 is 10.4 Å². The highest BCUT2D eigenvalue weighted by molar-refractivity contribution is 5.90. The van der Waals surface area contributed by atoms with Gasteiger partial charge in [-0.05, 0) is 50.1 Å². The molecule has 186 valence electrons. The average molecular weight is 489 g/mol. The van der Waals surface area contributed by atoms with Crippen LogP contribution in [0.5, 0.6) is 11.6 Å². The number of benzene rings is 2. The summed E-state index contributed by atoms with van der Waals surface area (Å²) in [4.78, 5) is 33.6. The number of para-hydroxylation sites is 1. The summed E-state index contributed by atoms with van der Waals surface area (Å²) >= 11 is 0. The fraction of sp³-hybridized carbons (Fsp3) is 0.296. The predicted molar refractivity (Wildman–Crippen MR) is 134 cm³/mol. The summed E-state index contributed by atoms with van der Waals surface area (Å²) in [6.45, 7) is 4.17. The Balaban J connectivity index is 1.30. The van der Waals surface area contributed by atoms with Crippen molar-refractivity contribution < 1.29 is 19.7 Å². The van der Waals surface area contributed by atoms with Crippen LogP contribution in [-0.2, 0) is 30.1 Å². The molecule has 1 aliphatic heterocycles. The molecule has 0 saturated carbocycles. The number of aryl methyl sites for hydroxylation is 1. The van der Waals surface area contributed by atoms with Crippen molar-refractivity contribution in [1.82, 2.24) is 19.4 Å². The first-order chi connectivity index (χ1) is 17.3. The van der Waals surface area contributed by atoms with Crippen LogP contribution in [0.25, 0.3) is 10.9 Å². The number of aliphatic hydroxyl groups is 1. The van der Waals surface area contributed by atoms with Crippen molar-refractivity contribution in [2.45, 2.75) is 45.6 Å². The Morgan fingerprint density at radius 3 is 2.64 bits per heavy atom. The number of carbonyl (C=O) groups is 1. The Labute approximate surface area is 207 Å². The van der Waals surface area contributed by atoms with Crippen molar-refractivity contribution in [2.24, 2.45) is 0 Å². The number of rotatable bonds is 7. The zero-order valence-electron chi connectivity index (χ0n) is 20.2. The molecule has 9 heteroatoms.